The standard InChI is InChI=1S/C14H16N2O/c17-11-15-14(6-7-14)12-4-3-5-13(10-12)16-8-1-2-9-16/h3-5,10H,1-2,6-9H2. The van der Waals surface area contributed by atoms with Crippen LogP contribution in [0.5, 0.6) is 0 Å². The van der Waals surface area contributed by atoms with Gasteiger partial charge < -0.3 is 4.90 Å². The van der Waals surface area contributed by atoms with Crippen molar-refractivity contribution in [2.75, 3.05) is 18.0 Å². The molecule has 0 aromatic heterocycles. The average molecular weight is 228 g/mol. The molecule has 1 saturated heterocycles. The van der Waals surface area contributed by atoms with E-state index in [9.17, 15) is 4.79 Å². The first-order valence-corrected chi connectivity index (χ1v) is 6.29. The second kappa shape index (κ2) is 4.01. The van der Waals surface area contributed by atoms with Gasteiger partial charge in [0.05, 0.1) is 5.54 Å². The zero-order valence-corrected chi connectivity index (χ0v) is 9.85. The zero-order valence-electron chi connectivity index (χ0n) is 9.85. The SMILES string of the molecule is O=C=NC1(c2cccc(N3CCCC3)c2)CC1. The second-order valence-electron chi connectivity index (χ2n) is 4.98. The molecule has 2 fully saturated rings. The van der Waals surface area contributed by atoms with Crippen molar-refractivity contribution in [3.63, 3.8) is 0 Å². The number of carbonyl (C=O) groups excluding carboxylic acids is 1. The highest BCUT2D eigenvalue weighted by Gasteiger charge is 2.44. The van der Waals surface area contributed by atoms with E-state index in [0.29, 0.717) is 0 Å². The molecule has 88 valence electrons. The number of benzene rings is 1. The van der Waals surface area contributed by atoms with Crippen LogP contribution in [0.3, 0.4) is 0 Å². The van der Waals surface area contributed by atoms with Crippen LogP contribution in [0.15, 0.2) is 29.3 Å². The average Bonchev–Trinajstić information content (AvgIpc) is 2.94. The van der Waals surface area contributed by atoms with Crippen molar-refractivity contribution in [2.24, 2.45) is 4.99 Å². The lowest BCUT2D eigenvalue weighted by Crippen LogP contribution is -2.18. The Bertz CT molecular complexity index is 467. The minimum Gasteiger partial charge on any atom is -0.372 e. The van der Waals surface area contributed by atoms with Crippen LogP contribution in [0, 0.1) is 0 Å². The third-order valence-corrected chi connectivity index (χ3v) is 3.84. The van der Waals surface area contributed by atoms with E-state index in [1.54, 1.807) is 6.08 Å². The Morgan fingerprint density at radius 1 is 1.24 bits per heavy atom. The van der Waals surface area contributed by atoms with E-state index in [0.717, 1.165) is 25.9 Å². The fraction of sp³-hybridized carbons (Fsp3) is 0.500. The minimum absolute atomic E-state index is 0.239. The maximum absolute atomic E-state index is 10.5. The third kappa shape index (κ3) is 1.87. The maximum Gasteiger partial charge on any atom is 0.235 e. The van der Waals surface area contributed by atoms with Gasteiger partial charge in [0, 0.05) is 18.8 Å². The van der Waals surface area contributed by atoms with E-state index in [-0.39, 0.29) is 5.54 Å². The van der Waals surface area contributed by atoms with E-state index in [2.05, 4.69) is 34.2 Å². The Morgan fingerprint density at radius 2 is 2.00 bits per heavy atom. The summed E-state index contributed by atoms with van der Waals surface area (Å²) in [4.78, 5) is 16.9. The number of aliphatic imine (C=N–C) groups is 1. The van der Waals surface area contributed by atoms with Gasteiger partial charge >= 0.3 is 0 Å². The van der Waals surface area contributed by atoms with Gasteiger partial charge in [0.15, 0.2) is 0 Å². The van der Waals surface area contributed by atoms with Crippen molar-refractivity contribution >= 4 is 11.8 Å². The monoisotopic (exact) mass is 228 g/mol. The largest absolute Gasteiger partial charge is 0.372 e. The van der Waals surface area contributed by atoms with Gasteiger partial charge in [-0.15, -0.1) is 0 Å². The number of hydrogen-bond donors (Lipinski definition) is 0. The first-order valence-electron chi connectivity index (χ1n) is 6.29. The molecule has 0 spiro atoms. The molecular formula is C14H16N2O. The predicted octanol–water partition coefficient (Wildman–Crippen LogP) is 2.61. The molecule has 0 atom stereocenters. The summed E-state index contributed by atoms with van der Waals surface area (Å²) in [5, 5.41) is 0. The Morgan fingerprint density at radius 3 is 2.65 bits per heavy atom. The van der Waals surface area contributed by atoms with Crippen molar-refractivity contribution in [3.8, 4) is 0 Å². The number of nitrogens with zero attached hydrogens (tertiary/aromatic N) is 2. The van der Waals surface area contributed by atoms with Gasteiger partial charge in [-0.05, 0) is 43.4 Å². The summed E-state index contributed by atoms with van der Waals surface area (Å²) in [5.41, 5.74) is 2.20. The summed E-state index contributed by atoms with van der Waals surface area (Å²) in [7, 11) is 0. The van der Waals surface area contributed by atoms with Crippen LogP contribution in [-0.2, 0) is 10.3 Å². The minimum atomic E-state index is -0.239. The van der Waals surface area contributed by atoms with Gasteiger partial charge in [0.2, 0.25) is 6.08 Å². The second-order valence-corrected chi connectivity index (χ2v) is 4.98. The predicted molar refractivity (Wildman–Crippen MR) is 66.9 cm³/mol. The molecule has 0 amide bonds. The number of isocyanates is 1. The molecule has 0 N–H and O–H groups in total. The molecule has 2 aliphatic rings. The van der Waals surface area contributed by atoms with E-state index >= 15 is 0 Å². The Balaban J connectivity index is 1.91. The van der Waals surface area contributed by atoms with E-state index in [4.69, 9.17) is 0 Å². The van der Waals surface area contributed by atoms with E-state index in [1.165, 1.54) is 24.1 Å². The van der Waals surface area contributed by atoms with Crippen molar-refractivity contribution in [3.05, 3.63) is 29.8 Å². The van der Waals surface area contributed by atoms with Gasteiger partial charge in [-0.1, -0.05) is 12.1 Å². The Labute approximate surface area is 101 Å². The molecule has 3 rings (SSSR count). The highest BCUT2D eigenvalue weighted by Crippen LogP contribution is 2.49. The smallest absolute Gasteiger partial charge is 0.235 e. The van der Waals surface area contributed by atoms with Gasteiger partial charge in [0.25, 0.3) is 0 Å². The summed E-state index contributed by atoms with van der Waals surface area (Å²) in [6.45, 7) is 2.29. The zero-order chi connectivity index (χ0) is 11.7. The maximum atomic E-state index is 10.5. The summed E-state index contributed by atoms with van der Waals surface area (Å²) in [6.07, 6.45) is 6.23. The Hall–Kier alpha value is -1.60. The van der Waals surface area contributed by atoms with Gasteiger partial charge in [0.1, 0.15) is 0 Å². The first-order chi connectivity index (χ1) is 8.34. The summed E-state index contributed by atoms with van der Waals surface area (Å²) in [5.74, 6) is 0. The molecule has 17 heavy (non-hydrogen) atoms. The molecule has 1 aromatic carbocycles. The normalized spacial score (nSPS) is 21.1. The van der Waals surface area contributed by atoms with Crippen LogP contribution in [0.4, 0.5) is 5.69 Å². The summed E-state index contributed by atoms with van der Waals surface area (Å²) in [6, 6.07) is 8.49. The summed E-state index contributed by atoms with van der Waals surface area (Å²) < 4.78 is 0. The quantitative estimate of drug-likeness (QED) is 0.588. The molecule has 0 unspecified atom stereocenters. The topological polar surface area (TPSA) is 32.7 Å². The van der Waals surface area contributed by atoms with Crippen LogP contribution in [-0.4, -0.2) is 19.2 Å². The van der Waals surface area contributed by atoms with E-state index in [1.807, 2.05) is 0 Å². The van der Waals surface area contributed by atoms with Gasteiger partial charge in [-0.3, -0.25) is 0 Å². The Kier molecular flexibility index (Phi) is 2.49. The highest BCUT2D eigenvalue weighted by atomic mass is 16.1. The van der Waals surface area contributed by atoms with Crippen LogP contribution in [0.2, 0.25) is 0 Å². The van der Waals surface area contributed by atoms with Crippen LogP contribution < -0.4 is 4.90 Å². The molecule has 1 aliphatic heterocycles. The van der Waals surface area contributed by atoms with Crippen LogP contribution >= 0.6 is 0 Å². The molecule has 1 aliphatic carbocycles. The molecule has 1 aromatic rings. The highest BCUT2D eigenvalue weighted by molar-refractivity contribution is 5.52. The van der Waals surface area contributed by atoms with Gasteiger partial charge in [-0.25, -0.2) is 4.79 Å². The molecule has 3 heteroatoms. The lowest BCUT2D eigenvalue weighted by Gasteiger charge is -2.19. The lowest BCUT2D eigenvalue weighted by molar-refractivity contribution is 0.556. The number of hydrogen-bond acceptors (Lipinski definition) is 3. The fourth-order valence-corrected chi connectivity index (χ4v) is 2.64. The van der Waals surface area contributed by atoms with Crippen molar-refractivity contribution < 1.29 is 4.79 Å². The van der Waals surface area contributed by atoms with Crippen molar-refractivity contribution in [1.82, 2.24) is 0 Å². The molecule has 1 saturated carbocycles. The fourth-order valence-electron chi connectivity index (χ4n) is 2.64. The summed E-state index contributed by atoms with van der Waals surface area (Å²) >= 11 is 0. The molecule has 0 radical (unpaired) electrons. The molecule has 0 bridgehead atoms. The van der Waals surface area contributed by atoms with Crippen molar-refractivity contribution in [1.29, 1.82) is 0 Å². The molecule has 3 nitrogen and oxygen atoms in total. The van der Waals surface area contributed by atoms with Crippen molar-refractivity contribution in [2.45, 2.75) is 31.2 Å². The lowest BCUT2D eigenvalue weighted by atomic mass is 10.0. The first kappa shape index (κ1) is 10.5. The molecule has 1 heterocycles. The van der Waals surface area contributed by atoms with E-state index < -0.39 is 0 Å². The third-order valence-electron chi connectivity index (χ3n) is 3.84. The van der Waals surface area contributed by atoms with Crippen LogP contribution in [0.1, 0.15) is 31.2 Å². The number of rotatable bonds is 3. The van der Waals surface area contributed by atoms with Crippen LogP contribution in [0.25, 0.3) is 0 Å². The molecular weight excluding hydrogens is 212 g/mol. The number of anilines is 1. The van der Waals surface area contributed by atoms with Gasteiger partial charge in [-0.2, -0.15) is 4.99 Å².